The Kier molecular flexibility index (Phi) is 6.23. The molecule has 2 heterocycles. The zero-order valence-corrected chi connectivity index (χ0v) is 17.9. The molecule has 11 heteroatoms. The predicted octanol–water partition coefficient (Wildman–Crippen LogP) is 4.51. The van der Waals surface area contributed by atoms with Crippen LogP contribution in [0.2, 0.25) is 0 Å². The first-order chi connectivity index (χ1) is 15.7. The summed E-state index contributed by atoms with van der Waals surface area (Å²) in [6.45, 7) is 2.56. The van der Waals surface area contributed by atoms with Crippen LogP contribution in [0.3, 0.4) is 0 Å². The molecule has 33 heavy (non-hydrogen) atoms. The van der Waals surface area contributed by atoms with Crippen LogP contribution in [0.25, 0.3) is 11.4 Å². The van der Waals surface area contributed by atoms with Crippen LogP contribution < -0.4 is 15.4 Å². The molecular weight excluding hydrogens is 439 g/mol. The van der Waals surface area contributed by atoms with Crippen molar-refractivity contribution in [2.45, 2.75) is 31.8 Å². The van der Waals surface area contributed by atoms with Crippen LogP contribution in [0.1, 0.15) is 23.9 Å². The van der Waals surface area contributed by atoms with Crippen molar-refractivity contribution in [3.05, 3.63) is 60.0 Å². The van der Waals surface area contributed by atoms with Crippen LogP contribution in [0.4, 0.5) is 23.7 Å². The minimum atomic E-state index is -4.75. The Morgan fingerprint density at radius 2 is 1.85 bits per heavy atom. The van der Waals surface area contributed by atoms with Gasteiger partial charge in [0.2, 0.25) is 11.7 Å². The van der Waals surface area contributed by atoms with Crippen LogP contribution in [0, 0.1) is 6.92 Å². The highest BCUT2D eigenvalue weighted by atomic mass is 19.4. The van der Waals surface area contributed by atoms with E-state index in [0.29, 0.717) is 30.1 Å². The molecule has 1 saturated heterocycles. The van der Waals surface area contributed by atoms with Gasteiger partial charge in [-0.3, -0.25) is 4.90 Å². The fraction of sp³-hybridized carbons (Fsp3) is 0.318. The smallest absolute Gasteiger partial charge is 0.406 e. The number of nitrogens with one attached hydrogen (secondary N) is 2. The second kappa shape index (κ2) is 9.10. The number of hydrogen-bond acceptors (Lipinski definition) is 6. The number of aromatic nitrogens is 2. The Bertz CT molecular complexity index is 1100. The van der Waals surface area contributed by atoms with Crippen molar-refractivity contribution in [2.24, 2.45) is 0 Å². The van der Waals surface area contributed by atoms with Crippen LogP contribution >= 0.6 is 0 Å². The maximum Gasteiger partial charge on any atom is 0.573 e. The van der Waals surface area contributed by atoms with Gasteiger partial charge in [0.05, 0.1) is 6.04 Å². The van der Waals surface area contributed by atoms with E-state index in [0.717, 1.165) is 5.56 Å². The molecule has 2 aromatic carbocycles. The molecule has 0 bridgehead atoms. The average Bonchev–Trinajstić information content (AvgIpc) is 3.36. The molecule has 1 aliphatic rings. The zero-order valence-electron chi connectivity index (χ0n) is 17.9. The van der Waals surface area contributed by atoms with E-state index in [1.165, 1.54) is 24.3 Å². The number of urea groups is 1. The third-order valence-corrected chi connectivity index (χ3v) is 5.27. The van der Waals surface area contributed by atoms with Gasteiger partial charge >= 0.3 is 12.4 Å². The van der Waals surface area contributed by atoms with Gasteiger partial charge in [-0.25, -0.2) is 4.79 Å². The third kappa shape index (κ3) is 5.80. The monoisotopic (exact) mass is 461 g/mol. The number of rotatable bonds is 5. The number of carbonyl (C=O) groups is 1. The maximum absolute atomic E-state index is 12.3. The summed E-state index contributed by atoms with van der Waals surface area (Å²) in [5, 5.41) is 9.70. The molecule has 0 aliphatic carbocycles. The summed E-state index contributed by atoms with van der Waals surface area (Å²) in [5.74, 6) is 0.292. The highest BCUT2D eigenvalue weighted by Crippen LogP contribution is 2.31. The lowest BCUT2D eigenvalue weighted by atomic mass is 10.1. The molecule has 174 valence electrons. The molecule has 0 spiro atoms. The first-order valence-electron chi connectivity index (χ1n) is 10.2. The number of ether oxygens (including phenoxy) is 1. The predicted molar refractivity (Wildman–Crippen MR) is 114 cm³/mol. The van der Waals surface area contributed by atoms with E-state index < -0.39 is 6.36 Å². The number of likely N-dealkylation sites (tertiary alicyclic amines) is 1. The van der Waals surface area contributed by atoms with Gasteiger partial charge in [-0.2, -0.15) is 4.98 Å². The Hall–Kier alpha value is -3.60. The molecule has 2 amide bonds. The number of benzene rings is 2. The molecule has 1 fully saturated rings. The molecule has 1 aromatic heterocycles. The van der Waals surface area contributed by atoms with Crippen molar-refractivity contribution in [1.82, 2.24) is 20.4 Å². The standard InChI is InChI=1S/C22H22F3N5O3/c1-13-3-7-15(8-4-13)26-21(31)27-16-11-18(30(2)12-16)20-28-19(29-33-20)14-5-9-17(10-6-14)32-22(23,24)25/h3-10,16,18H,11-12H2,1-2H3,(H2,26,27,31)/t16-,18+/m1/s1. The summed E-state index contributed by atoms with van der Waals surface area (Å²) in [5.41, 5.74) is 2.30. The van der Waals surface area contributed by atoms with Gasteiger partial charge in [0.25, 0.3) is 0 Å². The molecule has 3 aromatic rings. The summed E-state index contributed by atoms with van der Waals surface area (Å²) < 4.78 is 46.2. The second-order valence-corrected chi connectivity index (χ2v) is 7.88. The van der Waals surface area contributed by atoms with E-state index in [1.807, 2.05) is 43.1 Å². The van der Waals surface area contributed by atoms with Gasteiger partial charge in [0.15, 0.2) is 0 Å². The summed E-state index contributed by atoms with van der Waals surface area (Å²) in [6.07, 6.45) is -4.19. The van der Waals surface area contributed by atoms with Crippen molar-refractivity contribution < 1.29 is 27.2 Å². The Labute approximate surface area is 187 Å². The quantitative estimate of drug-likeness (QED) is 0.581. The molecular formula is C22H22F3N5O3. The van der Waals surface area contributed by atoms with E-state index >= 15 is 0 Å². The molecule has 0 radical (unpaired) electrons. The minimum absolute atomic E-state index is 0.125. The first-order valence-corrected chi connectivity index (χ1v) is 10.2. The summed E-state index contributed by atoms with van der Waals surface area (Å²) in [7, 11) is 1.89. The first kappa shape index (κ1) is 22.6. The topological polar surface area (TPSA) is 92.5 Å². The average molecular weight is 461 g/mol. The lowest BCUT2D eigenvalue weighted by Gasteiger charge is -2.14. The lowest BCUT2D eigenvalue weighted by molar-refractivity contribution is -0.274. The molecule has 0 saturated carbocycles. The Morgan fingerprint density at radius 3 is 2.52 bits per heavy atom. The number of nitrogens with zero attached hydrogens (tertiary/aromatic N) is 3. The van der Waals surface area contributed by atoms with Crippen molar-refractivity contribution in [3.63, 3.8) is 0 Å². The number of halogens is 3. The number of carbonyl (C=O) groups excluding carboxylic acids is 1. The molecule has 1 aliphatic heterocycles. The van der Waals surface area contributed by atoms with Gasteiger partial charge in [-0.15, -0.1) is 13.2 Å². The summed E-state index contributed by atoms with van der Waals surface area (Å²) >= 11 is 0. The summed E-state index contributed by atoms with van der Waals surface area (Å²) in [4.78, 5) is 18.7. The van der Waals surface area contributed by atoms with Gasteiger partial charge in [-0.05, 0) is 56.8 Å². The lowest BCUT2D eigenvalue weighted by Crippen LogP contribution is -2.39. The number of aryl methyl sites for hydroxylation is 1. The van der Waals surface area contributed by atoms with E-state index in [-0.39, 0.29) is 29.7 Å². The highest BCUT2D eigenvalue weighted by Gasteiger charge is 2.35. The normalized spacial score (nSPS) is 18.8. The highest BCUT2D eigenvalue weighted by molar-refractivity contribution is 5.89. The van der Waals surface area contributed by atoms with Crippen LogP contribution in [-0.4, -0.2) is 47.1 Å². The maximum atomic E-state index is 12.3. The van der Waals surface area contributed by atoms with Crippen molar-refractivity contribution in [3.8, 4) is 17.1 Å². The largest absolute Gasteiger partial charge is 0.573 e. The minimum Gasteiger partial charge on any atom is -0.406 e. The second-order valence-electron chi connectivity index (χ2n) is 7.88. The summed E-state index contributed by atoms with van der Waals surface area (Å²) in [6, 6.07) is 12.1. The van der Waals surface area contributed by atoms with Gasteiger partial charge in [0.1, 0.15) is 5.75 Å². The number of alkyl halides is 3. The Morgan fingerprint density at radius 1 is 1.15 bits per heavy atom. The fourth-order valence-electron chi connectivity index (χ4n) is 3.68. The number of anilines is 1. The van der Waals surface area contributed by atoms with Gasteiger partial charge in [-0.1, -0.05) is 22.9 Å². The zero-order chi connectivity index (χ0) is 23.6. The van der Waals surface area contributed by atoms with Gasteiger partial charge < -0.3 is 19.9 Å². The number of amides is 2. The van der Waals surface area contributed by atoms with Crippen molar-refractivity contribution in [2.75, 3.05) is 18.9 Å². The van der Waals surface area contributed by atoms with Crippen molar-refractivity contribution >= 4 is 11.7 Å². The fourth-order valence-corrected chi connectivity index (χ4v) is 3.68. The number of likely N-dealkylation sites (N-methyl/N-ethyl adjacent to an activating group) is 1. The van der Waals surface area contributed by atoms with Crippen LogP contribution in [-0.2, 0) is 0 Å². The van der Waals surface area contributed by atoms with E-state index in [4.69, 9.17) is 4.52 Å². The Balaban J connectivity index is 1.36. The van der Waals surface area contributed by atoms with E-state index in [1.54, 1.807) is 0 Å². The number of hydrogen-bond donors (Lipinski definition) is 2. The molecule has 8 nitrogen and oxygen atoms in total. The molecule has 2 atom stereocenters. The SMILES string of the molecule is Cc1ccc(NC(=O)N[C@@H]2C[C@@H](c3nc(-c4ccc(OC(F)(F)F)cc4)no3)N(C)C2)cc1. The molecule has 2 N–H and O–H groups in total. The van der Waals surface area contributed by atoms with E-state index in [9.17, 15) is 18.0 Å². The molecule has 4 rings (SSSR count). The van der Waals surface area contributed by atoms with E-state index in [2.05, 4.69) is 25.5 Å². The van der Waals surface area contributed by atoms with Crippen LogP contribution in [0.5, 0.6) is 5.75 Å². The third-order valence-electron chi connectivity index (χ3n) is 5.27. The van der Waals surface area contributed by atoms with Crippen molar-refractivity contribution in [1.29, 1.82) is 0 Å². The molecule has 0 unspecified atom stereocenters. The van der Waals surface area contributed by atoms with Gasteiger partial charge in [0, 0.05) is 23.8 Å². The van der Waals surface area contributed by atoms with Crippen LogP contribution in [0.15, 0.2) is 53.1 Å².